The second-order valence-electron chi connectivity index (χ2n) is 4.42. The average molecular weight is 373 g/mol. The zero-order chi connectivity index (χ0) is 15.3. The third-order valence-corrected chi connectivity index (χ3v) is 4.91. The van der Waals surface area contributed by atoms with E-state index in [1.807, 2.05) is 31.2 Å². The van der Waals surface area contributed by atoms with Crippen LogP contribution in [0, 0.1) is 0 Å². The first-order valence-corrected chi connectivity index (χ1v) is 8.83. The summed E-state index contributed by atoms with van der Waals surface area (Å²) < 4.78 is 33.1. The van der Waals surface area contributed by atoms with Crippen molar-refractivity contribution >= 4 is 26.0 Å². The third-order valence-electron chi connectivity index (χ3n) is 2.86. The lowest BCUT2D eigenvalue weighted by Gasteiger charge is -2.06. The van der Waals surface area contributed by atoms with Gasteiger partial charge in [0.1, 0.15) is 5.76 Å². The van der Waals surface area contributed by atoms with Gasteiger partial charge in [-0.3, -0.25) is 0 Å². The van der Waals surface area contributed by atoms with Gasteiger partial charge in [0.2, 0.25) is 5.09 Å². The van der Waals surface area contributed by atoms with E-state index in [0.29, 0.717) is 12.3 Å². The van der Waals surface area contributed by atoms with Gasteiger partial charge in [-0.2, -0.15) is 0 Å². The fraction of sp³-hybridized carbons (Fsp3) is 0.286. The molecule has 5 nitrogen and oxygen atoms in total. The number of hydrogen-bond donors (Lipinski definition) is 2. The first-order valence-electron chi connectivity index (χ1n) is 6.55. The van der Waals surface area contributed by atoms with Crippen LogP contribution < -0.4 is 10.0 Å². The average Bonchev–Trinajstić information content (AvgIpc) is 2.94. The van der Waals surface area contributed by atoms with Crippen LogP contribution in [0.4, 0.5) is 0 Å². The maximum atomic E-state index is 12.2. The topological polar surface area (TPSA) is 71.3 Å². The zero-order valence-electron chi connectivity index (χ0n) is 11.6. The van der Waals surface area contributed by atoms with Gasteiger partial charge in [0.15, 0.2) is 0 Å². The van der Waals surface area contributed by atoms with Crippen LogP contribution in [0.2, 0.25) is 0 Å². The summed E-state index contributed by atoms with van der Waals surface area (Å²) in [6.45, 7) is 3.48. The van der Waals surface area contributed by atoms with Gasteiger partial charge in [0.05, 0.1) is 6.54 Å². The molecule has 0 aliphatic carbocycles. The summed E-state index contributed by atoms with van der Waals surface area (Å²) in [5.41, 5.74) is 0.862. The molecule has 0 spiro atoms. The second-order valence-corrected chi connectivity index (χ2v) is 6.97. The van der Waals surface area contributed by atoms with Crippen molar-refractivity contribution in [1.82, 2.24) is 10.0 Å². The Morgan fingerprint density at radius 2 is 1.90 bits per heavy atom. The molecule has 0 atom stereocenters. The fourth-order valence-electron chi connectivity index (χ4n) is 1.73. The molecule has 0 fully saturated rings. The summed E-state index contributed by atoms with van der Waals surface area (Å²) in [6.07, 6.45) is 0. The molecule has 2 aromatic rings. The van der Waals surface area contributed by atoms with E-state index in [9.17, 15) is 8.42 Å². The van der Waals surface area contributed by atoms with E-state index < -0.39 is 10.0 Å². The van der Waals surface area contributed by atoms with Crippen LogP contribution in [0.5, 0.6) is 0 Å². The van der Waals surface area contributed by atoms with Gasteiger partial charge >= 0.3 is 0 Å². The van der Waals surface area contributed by atoms with Crippen molar-refractivity contribution in [2.45, 2.75) is 25.1 Å². The molecule has 1 heterocycles. The minimum absolute atomic E-state index is 0.0672. The highest BCUT2D eigenvalue weighted by Crippen LogP contribution is 2.18. The molecule has 2 N–H and O–H groups in total. The number of furan rings is 1. The molecule has 21 heavy (non-hydrogen) atoms. The molecule has 2 rings (SSSR count). The van der Waals surface area contributed by atoms with Gasteiger partial charge < -0.3 is 9.73 Å². The molecule has 0 saturated heterocycles. The lowest BCUT2D eigenvalue weighted by molar-refractivity contribution is 0.401. The molecule has 0 aliphatic rings. The molecule has 0 amide bonds. The molecule has 1 aromatic carbocycles. The summed E-state index contributed by atoms with van der Waals surface area (Å²) in [7, 11) is -3.64. The Bertz CT molecular complexity index is 698. The van der Waals surface area contributed by atoms with Crippen molar-refractivity contribution < 1.29 is 12.8 Å². The SMILES string of the molecule is CCNCc1ccc(S(=O)(=O)NCc2ccccc2Br)o1. The highest BCUT2D eigenvalue weighted by molar-refractivity contribution is 9.10. The number of sulfonamides is 1. The van der Waals surface area contributed by atoms with Crippen LogP contribution in [0.15, 0.2) is 50.4 Å². The normalized spacial score (nSPS) is 11.7. The first-order chi connectivity index (χ1) is 10.0. The molecule has 0 saturated carbocycles. The smallest absolute Gasteiger partial charge is 0.274 e. The maximum absolute atomic E-state index is 12.2. The predicted molar refractivity (Wildman–Crippen MR) is 84.3 cm³/mol. The van der Waals surface area contributed by atoms with Gasteiger partial charge in [-0.25, -0.2) is 13.1 Å². The second kappa shape index (κ2) is 7.22. The molecular weight excluding hydrogens is 356 g/mol. The summed E-state index contributed by atoms with van der Waals surface area (Å²) in [4.78, 5) is 0. The van der Waals surface area contributed by atoms with Gasteiger partial charge in [-0.1, -0.05) is 41.1 Å². The van der Waals surface area contributed by atoms with Crippen LogP contribution in [0.3, 0.4) is 0 Å². The van der Waals surface area contributed by atoms with Crippen LogP contribution in [-0.2, 0) is 23.1 Å². The van der Waals surface area contributed by atoms with Gasteiger partial charge in [0, 0.05) is 11.0 Å². The summed E-state index contributed by atoms with van der Waals surface area (Å²) in [5, 5.41) is 3.01. The Morgan fingerprint density at radius 3 is 2.62 bits per heavy atom. The standard InChI is InChI=1S/C14H17BrN2O3S/c1-2-16-10-12-7-8-14(20-12)21(18,19)17-9-11-5-3-4-6-13(11)15/h3-8,16-17H,2,9-10H2,1H3. The molecule has 0 bridgehead atoms. The number of halogens is 1. The molecule has 7 heteroatoms. The van der Waals surface area contributed by atoms with E-state index in [0.717, 1.165) is 16.6 Å². The highest BCUT2D eigenvalue weighted by Gasteiger charge is 2.18. The first kappa shape index (κ1) is 16.2. The number of nitrogens with one attached hydrogen (secondary N) is 2. The number of benzene rings is 1. The van der Waals surface area contributed by atoms with E-state index in [1.165, 1.54) is 6.07 Å². The van der Waals surface area contributed by atoms with Crippen molar-refractivity contribution in [3.8, 4) is 0 Å². The molecule has 114 valence electrons. The van der Waals surface area contributed by atoms with Crippen molar-refractivity contribution in [1.29, 1.82) is 0 Å². The van der Waals surface area contributed by atoms with Crippen LogP contribution >= 0.6 is 15.9 Å². The third kappa shape index (κ3) is 4.41. The van der Waals surface area contributed by atoms with Crippen molar-refractivity contribution in [3.05, 3.63) is 52.2 Å². The lowest BCUT2D eigenvalue weighted by atomic mass is 10.2. The lowest BCUT2D eigenvalue weighted by Crippen LogP contribution is -2.23. The van der Waals surface area contributed by atoms with Gasteiger partial charge in [0.25, 0.3) is 10.0 Å². The Morgan fingerprint density at radius 1 is 1.14 bits per heavy atom. The van der Waals surface area contributed by atoms with Crippen LogP contribution in [-0.4, -0.2) is 15.0 Å². The maximum Gasteiger partial charge on any atom is 0.274 e. The van der Waals surface area contributed by atoms with E-state index >= 15 is 0 Å². The molecule has 1 aromatic heterocycles. The predicted octanol–water partition coefficient (Wildman–Crippen LogP) is 2.63. The summed E-state index contributed by atoms with van der Waals surface area (Å²) in [6, 6.07) is 10.6. The van der Waals surface area contributed by atoms with Crippen LogP contribution in [0.25, 0.3) is 0 Å². The molecule has 0 unspecified atom stereocenters. The Labute approximate surface area is 132 Å². The Kier molecular flexibility index (Phi) is 5.58. The fourth-order valence-corrected chi connectivity index (χ4v) is 3.11. The van der Waals surface area contributed by atoms with E-state index in [-0.39, 0.29) is 11.6 Å². The highest BCUT2D eigenvalue weighted by atomic mass is 79.9. The molecule has 0 radical (unpaired) electrons. The summed E-state index contributed by atoms with van der Waals surface area (Å²) in [5.74, 6) is 0.595. The zero-order valence-corrected chi connectivity index (χ0v) is 14.0. The number of hydrogen-bond acceptors (Lipinski definition) is 4. The number of rotatable bonds is 7. The Hall–Kier alpha value is -1.15. The van der Waals surface area contributed by atoms with Crippen molar-refractivity contribution in [3.63, 3.8) is 0 Å². The largest absolute Gasteiger partial charge is 0.447 e. The monoisotopic (exact) mass is 372 g/mol. The van der Waals surface area contributed by atoms with Gasteiger partial charge in [-0.15, -0.1) is 0 Å². The molecular formula is C14H17BrN2O3S. The minimum atomic E-state index is -3.64. The van der Waals surface area contributed by atoms with E-state index in [4.69, 9.17) is 4.42 Å². The van der Waals surface area contributed by atoms with Gasteiger partial charge in [-0.05, 0) is 30.3 Å². The van der Waals surface area contributed by atoms with E-state index in [1.54, 1.807) is 6.07 Å². The van der Waals surface area contributed by atoms with Crippen molar-refractivity contribution in [2.75, 3.05) is 6.54 Å². The van der Waals surface area contributed by atoms with Crippen molar-refractivity contribution in [2.24, 2.45) is 0 Å². The summed E-state index contributed by atoms with van der Waals surface area (Å²) >= 11 is 3.39. The minimum Gasteiger partial charge on any atom is -0.447 e. The van der Waals surface area contributed by atoms with E-state index in [2.05, 4.69) is 26.0 Å². The molecule has 0 aliphatic heterocycles. The Balaban J connectivity index is 2.05. The van der Waals surface area contributed by atoms with Crippen LogP contribution in [0.1, 0.15) is 18.2 Å². The quantitative estimate of drug-likeness (QED) is 0.783.